The normalized spacial score (nSPS) is 28.8. The first kappa shape index (κ1) is 18.0. The van der Waals surface area contributed by atoms with Crippen LogP contribution in [0.15, 0.2) is 0 Å². The Hall–Kier alpha value is -1.30. The molecule has 3 N–H and O–H groups in total. The topological polar surface area (TPSA) is 84.7 Å². The molecule has 0 aromatic carbocycles. The summed E-state index contributed by atoms with van der Waals surface area (Å²) in [6, 6.07) is 0.308. The van der Waals surface area contributed by atoms with E-state index >= 15 is 0 Å². The Bertz CT molecular complexity index is 444. The van der Waals surface area contributed by atoms with Crippen LogP contribution in [0.3, 0.4) is 0 Å². The van der Waals surface area contributed by atoms with Crippen molar-refractivity contribution in [3.8, 4) is 0 Å². The Kier molecular flexibility index (Phi) is 5.23. The Morgan fingerprint density at radius 3 is 2.09 bits per heavy atom. The van der Waals surface area contributed by atoms with E-state index in [0.717, 1.165) is 25.7 Å². The van der Waals surface area contributed by atoms with E-state index in [1.807, 2.05) is 39.5 Å². The summed E-state index contributed by atoms with van der Waals surface area (Å²) >= 11 is 0. The number of primary amides is 1. The molecule has 2 heterocycles. The summed E-state index contributed by atoms with van der Waals surface area (Å²) < 4.78 is 5.54. The Morgan fingerprint density at radius 1 is 1.17 bits per heavy atom. The number of hydrogen-bond donors (Lipinski definition) is 2. The molecule has 0 radical (unpaired) electrons. The Morgan fingerprint density at radius 2 is 1.70 bits per heavy atom. The summed E-state index contributed by atoms with van der Waals surface area (Å²) in [4.78, 5) is 25.9. The van der Waals surface area contributed by atoms with Crippen LogP contribution in [0.25, 0.3) is 0 Å². The van der Waals surface area contributed by atoms with E-state index in [9.17, 15) is 9.59 Å². The first-order valence-electron chi connectivity index (χ1n) is 8.65. The van der Waals surface area contributed by atoms with Crippen molar-refractivity contribution in [1.82, 2.24) is 10.2 Å². The van der Waals surface area contributed by atoms with Gasteiger partial charge in [-0.05, 0) is 52.4 Å². The van der Waals surface area contributed by atoms with E-state index in [1.165, 1.54) is 0 Å². The molecular formula is C17H31N3O3. The minimum atomic E-state index is -0.472. The summed E-state index contributed by atoms with van der Waals surface area (Å²) in [5.41, 5.74) is 5.03. The van der Waals surface area contributed by atoms with Crippen molar-refractivity contribution in [2.75, 3.05) is 0 Å². The molecule has 0 aromatic rings. The van der Waals surface area contributed by atoms with Gasteiger partial charge in [-0.25, -0.2) is 4.79 Å². The maximum Gasteiger partial charge on any atom is 0.410 e. The molecule has 3 atom stereocenters. The minimum absolute atomic E-state index is 0.161. The predicted octanol–water partition coefficient (Wildman–Crippen LogP) is 2.02. The third-order valence-corrected chi connectivity index (χ3v) is 4.73. The molecule has 0 saturated carbocycles. The van der Waals surface area contributed by atoms with Gasteiger partial charge in [0.1, 0.15) is 5.60 Å². The second kappa shape index (κ2) is 6.67. The van der Waals surface area contributed by atoms with Gasteiger partial charge in [-0.1, -0.05) is 13.8 Å². The molecule has 3 unspecified atom stereocenters. The van der Waals surface area contributed by atoms with Crippen molar-refractivity contribution >= 4 is 12.0 Å². The number of nitrogens with one attached hydrogen (secondary N) is 1. The van der Waals surface area contributed by atoms with Crippen LogP contribution in [0.4, 0.5) is 4.79 Å². The number of amides is 2. The van der Waals surface area contributed by atoms with Gasteiger partial charge in [0.2, 0.25) is 5.91 Å². The summed E-state index contributed by atoms with van der Waals surface area (Å²) in [6.45, 7) is 9.66. The van der Waals surface area contributed by atoms with Crippen molar-refractivity contribution in [3.63, 3.8) is 0 Å². The van der Waals surface area contributed by atoms with Gasteiger partial charge in [0, 0.05) is 18.1 Å². The van der Waals surface area contributed by atoms with Gasteiger partial charge in [0.05, 0.1) is 6.04 Å². The number of carbonyl (C=O) groups excluding carboxylic acids is 2. The SMILES string of the molecule is CC(C)C(NC1CC2CCC(C1)N2C(=O)OC(C)(C)C)C(N)=O. The van der Waals surface area contributed by atoms with Crippen LogP contribution in [0.1, 0.15) is 60.3 Å². The van der Waals surface area contributed by atoms with Gasteiger partial charge in [-0.15, -0.1) is 0 Å². The number of carbonyl (C=O) groups is 2. The number of nitrogens with zero attached hydrogens (tertiary/aromatic N) is 1. The van der Waals surface area contributed by atoms with Gasteiger partial charge in [0.25, 0.3) is 0 Å². The molecule has 2 rings (SSSR count). The zero-order valence-corrected chi connectivity index (χ0v) is 15.0. The van der Waals surface area contributed by atoms with Gasteiger partial charge in [-0.2, -0.15) is 0 Å². The average molecular weight is 325 g/mol. The fourth-order valence-corrected chi connectivity index (χ4v) is 3.78. The molecule has 0 aromatic heterocycles. The average Bonchev–Trinajstić information content (AvgIpc) is 2.65. The summed E-state index contributed by atoms with van der Waals surface area (Å²) in [5, 5.41) is 3.41. The van der Waals surface area contributed by atoms with Crippen molar-refractivity contribution in [3.05, 3.63) is 0 Å². The zero-order valence-electron chi connectivity index (χ0n) is 15.0. The molecule has 23 heavy (non-hydrogen) atoms. The van der Waals surface area contributed by atoms with Crippen LogP contribution >= 0.6 is 0 Å². The molecule has 2 aliphatic heterocycles. The standard InChI is InChI=1S/C17H31N3O3/c1-10(2)14(15(18)21)19-11-8-12-6-7-13(9-11)20(12)16(22)23-17(3,4)5/h10-14,19H,6-9H2,1-5H3,(H2,18,21). The minimum Gasteiger partial charge on any atom is -0.444 e. The molecule has 0 spiro atoms. The van der Waals surface area contributed by atoms with Crippen LogP contribution in [0.2, 0.25) is 0 Å². The monoisotopic (exact) mass is 325 g/mol. The highest BCUT2D eigenvalue weighted by Gasteiger charge is 2.45. The smallest absolute Gasteiger partial charge is 0.410 e. The third kappa shape index (κ3) is 4.37. The number of piperidine rings is 1. The second-order valence-corrected chi connectivity index (χ2v) is 8.23. The first-order chi connectivity index (χ1) is 10.6. The van der Waals surface area contributed by atoms with Gasteiger partial charge >= 0.3 is 6.09 Å². The van der Waals surface area contributed by atoms with E-state index in [2.05, 4.69) is 5.32 Å². The molecule has 2 aliphatic rings. The highest BCUT2D eigenvalue weighted by Crippen LogP contribution is 2.37. The summed E-state index contributed by atoms with van der Waals surface area (Å²) in [7, 11) is 0. The highest BCUT2D eigenvalue weighted by atomic mass is 16.6. The maximum absolute atomic E-state index is 12.4. The van der Waals surface area contributed by atoms with E-state index < -0.39 is 5.60 Å². The highest BCUT2D eigenvalue weighted by molar-refractivity contribution is 5.80. The summed E-state index contributed by atoms with van der Waals surface area (Å²) in [5.74, 6) is -0.143. The van der Waals surface area contributed by atoms with Crippen molar-refractivity contribution < 1.29 is 14.3 Å². The van der Waals surface area contributed by atoms with Crippen molar-refractivity contribution in [1.29, 1.82) is 0 Å². The van der Waals surface area contributed by atoms with E-state index in [4.69, 9.17) is 10.5 Å². The first-order valence-corrected chi connectivity index (χ1v) is 8.65. The van der Waals surface area contributed by atoms with Crippen molar-refractivity contribution in [2.24, 2.45) is 11.7 Å². The fraction of sp³-hybridized carbons (Fsp3) is 0.882. The van der Waals surface area contributed by atoms with E-state index in [0.29, 0.717) is 0 Å². The molecular weight excluding hydrogens is 294 g/mol. The lowest BCUT2D eigenvalue weighted by molar-refractivity contribution is -0.121. The fourth-order valence-electron chi connectivity index (χ4n) is 3.78. The lowest BCUT2D eigenvalue weighted by Crippen LogP contribution is -2.56. The molecule has 2 saturated heterocycles. The predicted molar refractivity (Wildman–Crippen MR) is 88.9 cm³/mol. The van der Waals surface area contributed by atoms with Crippen LogP contribution < -0.4 is 11.1 Å². The second-order valence-electron chi connectivity index (χ2n) is 8.23. The Labute approximate surface area is 139 Å². The number of nitrogens with two attached hydrogens (primary N) is 1. The van der Waals surface area contributed by atoms with E-state index in [1.54, 1.807) is 0 Å². The molecule has 132 valence electrons. The molecule has 6 heteroatoms. The van der Waals surface area contributed by atoms with Gasteiger partial charge in [0.15, 0.2) is 0 Å². The van der Waals surface area contributed by atoms with Crippen LogP contribution in [0, 0.1) is 5.92 Å². The van der Waals surface area contributed by atoms with Crippen LogP contribution in [-0.4, -0.2) is 46.7 Å². The van der Waals surface area contributed by atoms with Crippen LogP contribution in [-0.2, 0) is 9.53 Å². The number of fused-ring (bicyclic) bond motifs is 2. The van der Waals surface area contributed by atoms with Crippen LogP contribution in [0.5, 0.6) is 0 Å². The number of ether oxygens (including phenoxy) is 1. The van der Waals surface area contributed by atoms with Gasteiger partial charge < -0.3 is 20.7 Å². The molecule has 0 aliphatic carbocycles. The molecule has 2 bridgehead atoms. The lowest BCUT2D eigenvalue weighted by Gasteiger charge is -2.40. The lowest BCUT2D eigenvalue weighted by atomic mass is 9.94. The quantitative estimate of drug-likeness (QED) is 0.828. The van der Waals surface area contributed by atoms with E-state index in [-0.39, 0.29) is 42.1 Å². The number of hydrogen-bond acceptors (Lipinski definition) is 4. The molecule has 6 nitrogen and oxygen atoms in total. The zero-order chi connectivity index (χ0) is 17.4. The third-order valence-electron chi connectivity index (χ3n) is 4.73. The molecule has 2 fully saturated rings. The van der Waals surface area contributed by atoms with Crippen molar-refractivity contribution in [2.45, 2.75) is 90.1 Å². The largest absolute Gasteiger partial charge is 0.444 e. The summed E-state index contributed by atoms with van der Waals surface area (Å²) in [6.07, 6.45) is 3.51. The maximum atomic E-state index is 12.4. The molecule has 2 amide bonds. The number of rotatable bonds is 4. The Balaban J connectivity index is 1.99. The van der Waals surface area contributed by atoms with Gasteiger partial charge in [-0.3, -0.25) is 4.79 Å².